The van der Waals surface area contributed by atoms with E-state index in [0.29, 0.717) is 24.5 Å². The number of amides is 1. The molecule has 0 aliphatic rings. The van der Waals surface area contributed by atoms with E-state index >= 15 is 0 Å². The van der Waals surface area contributed by atoms with E-state index in [2.05, 4.69) is 12.2 Å². The Balaban J connectivity index is 0.00000152. The Morgan fingerprint density at radius 3 is 1.92 bits per heavy atom. The highest BCUT2D eigenvalue weighted by atomic mass is 19.4. The summed E-state index contributed by atoms with van der Waals surface area (Å²) in [5.74, 6) is -2.10. The third-order valence-corrected chi connectivity index (χ3v) is 5.55. The fourth-order valence-electron chi connectivity index (χ4n) is 3.47. The van der Waals surface area contributed by atoms with Crippen LogP contribution in [-0.4, -0.2) is 42.9 Å². The van der Waals surface area contributed by atoms with Gasteiger partial charge in [0.2, 0.25) is 0 Å². The number of hydrogen-bond donors (Lipinski definition) is 3. The topological polar surface area (TPSA) is 102 Å². The maximum absolute atomic E-state index is 12.4. The smallest absolute Gasteiger partial charge is 0.490 e. The molecule has 0 spiro atoms. The quantitative estimate of drug-likeness (QED) is 0.174. The molecule has 0 aliphatic carbocycles. The number of rotatable bonds is 19. The van der Waals surface area contributed by atoms with Crippen molar-refractivity contribution in [1.29, 1.82) is 0 Å². The second-order valence-corrected chi connectivity index (χ2v) is 8.79. The highest BCUT2D eigenvalue weighted by Gasteiger charge is 2.38. The summed E-state index contributed by atoms with van der Waals surface area (Å²) >= 11 is 0. The molecule has 0 bridgehead atoms. The number of carbonyl (C=O) groups is 2. The predicted octanol–water partition coefficient (Wildman–Crippen LogP) is 6.87. The predicted molar refractivity (Wildman–Crippen MR) is 137 cm³/mol. The van der Waals surface area contributed by atoms with E-state index in [1.165, 1.54) is 57.8 Å². The summed E-state index contributed by atoms with van der Waals surface area (Å²) in [7, 11) is 0. The number of para-hydroxylation sites is 1. The van der Waals surface area contributed by atoms with Crippen molar-refractivity contribution in [3.63, 3.8) is 0 Å². The van der Waals surface area contributed by atoms with Crippen LogP contribution in [0.2, 0.25) is 0 Å². The van der Waals surface area contributed by atoms with Gasteiger partial charge in [-0.05, 0) is 37.9 Å². The van der Waals surface area contributed by atoms with Gasteiger partial charge in [-0.3, -0.25) is 4.79 Å². The first kappa shape index (κ1) is 33.7. The van der Waals surface area contributed by atoms with Crippen molar-refractivity contribution < 1.29 is 32.6 Å². The Bertz CT molecular complexity index is 700. The molecule has 0 heterocycles. The number of aliphatic carboxylic acids is 1. The number of carboxylic acids is 1. The molecule has 4 N–H and O–H groups in total. The molecule has 0 unspecified atom stereocenters. The molecule has 36 heavy (non-hydrogen) atoms. The fraction of sp³-hybridized carbons (Fsp3) is 0.704. The Morgan fingerprint density at radius 1 is 0.861 bits per heavy atom. The standard InChI is InChI=1S/C25H44N2O2.C2HF3O2/c1-2-3-4-5-6-7-8-9-12-17-22-29-24-19-14-13-18-23(24)25(28)27-21-16-11-10-15-20-26;3-2(4,5)1(6)7/h13-14,18-19H,2-12,15-17,20-22,26H2,1H3,(H,27,28);(H,6,7). The number of ether oxygens (including phenoxy) is 1. The normalized spacial score (nSPS) is 10.9. The van der Waals surface area contributed by atoms with Crippen LogP contribution in [0.4, 0.5) is 13.2 Å². The van der Waals surface area contributed by atoms with Crippen molar-refractivity contribution in [3.05, 3.63) is 29.8 Å². The lowest BCUT2D eigenvalue weighted by atomic mass is 10.1. The molecule has 0 atom stereocenters. The van der Waals surface area contributed by atoms with Crippen molar-refractivity contribution in [1.82, 2.24) is 5.32 Å². The highest BCUT2D eigenvalue weighted by Crippen LogP contribution is 2.19. The zero-order valence-corrected chi connectivity index (χ0v) is 21.7. The average molecular weight is 519 g/mol. The van der Waals surface area contributed by atoms with E-state index in [0.717, 1.165) is 38.6 Å². The van der Waals surface area contributed by atoms with Crippen molar-refractivity contribution in [2.75, 3.05) is 19.7 Å². The highest BCUT2D eigenvalue weighted by molar-refractivity contribution is 5.96. The largest absolute Gasteiger partial charge is 0.493 e. The van der Waals surface area contributed by atoms with Gasteiger partial charge in [-0.2, -0.15) is 13.2 Å². The minimum atomic E-state index is -5.08. The van der Waals surface area contributed by atoms with E-state index in [1.54, 1.807) is 0 Å². The third kappa shape index (κ3) is 19.0. The van der Waals surface area contributed by atoms with Crippen LogP contribution in [0.5, 0.6) is 5.75 Å². The number of carbonyl (C=O) groups excluding carboxylic acids is 1. The zero-order valence-electron chi connectivity index (χ0n) is 21.7. The third-order valence-electron chi connectivity index (χ3n) is 5.55. The molecule has 0 saturated heterocycles. The number of halogens is 3. The van der Waals surface area contributed by atoms with Crippen LogP contribution in [-0.2, 0) is 4.79 Å². The first-order chi connectivity index (χ1) is 17.2. The lowest BCUT2D eigenvalue weighted by molar-refractivity contribution is -0.192. The van der Waals surface area contributed by atoms with E-state index < -0.39 is 12.1 Å². The SMILES string of the molecule is CCCCCCCCCCCCOc1ccccc1C(=O)NCCCCCCN.O=C(O)C(F)(F)F. The molecule has 1 aromatic carbocycles. The Labute approximate surface area is 214 Å². The van der Waals surface area contributed by atoms with Crippen molar-refractivity contribution in [2.45, 2.75) is 103 Å². The fourth-order valence-corrected chi connectivity index (χ4v) is 3.47. The summed E-state index contributed by atoms with van der Waals surface area (Å²) in [6, 6.07) is 7.56. The monoisotopic (exact) mass is 518 g/mol. The van der Waals surface area contributed by atoms with Crippen LogP contribution in [0.1, 0.15) is 107 Å². The number of nitrogens with two attached hydrogens (primary N) is 1. The molecule has 1 aromatic rings. The Kier molecular flexibility index (Phi) is 20.6. The summed E-state index contributed by atoms with van der Waals surface area (Å²) in [6.45, 7) is 4.39. The Morgan fingerprint density at radius 2 is 1.36 bits per heavy atom. The summed E-state index contributed by atoms with van der Waals surface area (Å²) < 4.78 is 37.7. The van der Waals surface area contributed by atoms with Crippen molar-refractivity contribution in [3.8, 4) is 5.75 Å². The van der Waals surface area contributed by atoms with E-state index in [9.17, 15) is 18.0 Å². The summed E-state index contributed by atoms with van der Waals surface area (Å²) in [4.78, 5) is 21.3. The second-order valence-electron chi connectivity index (χ2n) is 8.79. The molecule has 0 saturated carbocycles. The molecule has 0 aliphatic heterocycles. The molecule has 0 aromatic heterocycles. The number of carboxylic acid groups (broad SMARTS) is 1. The molecule has 1 rings (SSSR count). The Hall–Kier alpha value is -2.29. The van der Waals surface area contributed by atoms with Crippen LogP contribution in [0, 0.1) is 0 Å². The van der Waals surface area contributed by atoms with E-state index in [1.807, 2.05) is 24.3 Å². The molecule has 0 radical (unpaired) electrons. The lowest BCUT2D eigenvalue weighted by Gasteiger charge is -2.12. The van der Waals surface area contributed by atoms with Gasteiger partial charge < -0.3 is 20.9 Å². The first-order valence-electron chi connectivity index (χ1n) is 13.2. The number of benzene rings is 1. The van der Waals surface area contributed by atoms with Gasteiger partial charge in [-0.15, -0.1) is 0 Å². The maximum Gasteiger partial charge on any atom is 0.490 e. The summed E-state index contributed by atoms with van der Waals surface area (Å²) in [6.07, 6.45) is 12.3. The first-order valence-corrected chi connectivity index (χ1v) is 13.2. The van der Waals surface area contributed by atoms with Crippen LogP contribution < -0.4 is 15.8 Å². The van der Waals surface area contributed by atoms with Gasteiger partial charge in [0, 0.05) is 6.54 Å². The number of unbranched alkanes of at least 4 members (excludes halogenated alkanes) is 12. The van der Waals surface area contributed by atoms with Gasteiger partial charge in [0.25, 0.3) is 5.91 Å². The van der Waals surface area contributed by atoms with Gasteiger partial charge in [0.1, 0.15) is 5.75 Å². The average Bonchev–Trinajstić information content (AvgIpc) is 2.84. The lowest BCUT2D eigenvalue weighted by Crippen LogP contribution is -2.25. The van der Waals surface area contributed by atoms with Gasteiger partial charge in [-0.25, -0.2) is 4.79 Å². The number of alkyl halides is 3. The molecular weight excluding hydrogens is 473 g/mol. The molecule has 1 amide bonds. The van der Waals surface area contributed by atoms with Crippen LogP contribution in [0.15, 0.2) is 24.3 Å². The van der Waals surface area contributed by atoms with E-state index in [4.69, 9.17) is 20.4 Å². The van der Waals surface area contributed by atoms with Gasteiger partial charge in [0.05, 0.1) is 12.2 Å². The zero-order chi connectivity index (χ0) is 27.1. The minimum absolute atomic E-state index is 0.0394. The molecule has 6 nitrogen and oxygen atoms in total. The number of hydrogen-bond acceptors (Lipinski definition) is 4. The second kappa shape index (κ2) is 21.9. The summed E-state index contributed by atoms with van der Waals surface area (Å²) in [5, 5.41) is 10.1. The maximum atomic E-state index is 12.4. The van der Waals surface area contributed by atoms with Gasteiger partial charge >= 0.3 is 12.1 Å². The molecule has 0 fully saturated rings. The summed E-state index contributed by atoms with van der Waals surface area (Å²) in [5.41, 5.74) is 6.14. The van der Waals surface area contributed by atoms with Crippen LogP contribution in [0.3, 0.4) is 0 Å². The molecular formula is C27H45F3N2O4. The van der Waals surface area contributed by atoms with Crippen molar-refractivity contribution >= 4 is 11.9 Å². The van der Waals surface area contributed by atoms with E-state index in [-0.39, 0.29) is 5.91 Å². The van der Waals surface area contributed by atoms with Crippen molar-refractivity contribution in [2.24, 2.45) is 5.73 Å². The van der Waals surface area contributed by atoms with Gasteiger partial charge in [-0.1, -0.05) is 89.7 Å². The molecule has 9 heteroatoms. The number of nitrogens with one attached hydrogen (secondary N) is 1. The van der Waals surface area contributed by atoms with Gasteiger partial charge in [0.15, 0.2) is 0 Å². The minimum Gasteiger partial charge on any atom is -0.493 e. The molecule has 208 valence electrons. The van der Waals surface area contributed by atoms with Crippen LogP contribution >= 0.6 is 0 Å². The van der Waals surface area contributed by atoms with Crippen LogP contribution in [0.25, 0.3) is 0 Å².